The Labute approximate surface area is 122 Å². The van der Waals surface area contributed by atoms with Crippen LogP contribution in [0.15, 0.2) is 22.7 Å². The highest BCUT2D eigenvalue weighted by Gasteiger charge is 2.31. The smallest absolute Gasteiger partial charge is 0.0865 e. The molecule has 0 amide bonds. The van der Waals surface area contributed by atoms with Gasteiger partial charge in [0.1, 0.15) is 0 Å². The molecule has 2 rings (SSSR count). The lowest BCUT2D eigenvalue weighted by molar-refractivity contribution is -0.0572. The molecule has 0 atom stereocenters. The van der Waals surface area contributed by atoms with Crippen molar-refractivity contribution in [1.82, 2.24) is 0 Å². The standard InChI is InChI=1S/C14H20BrNO3/c1-16(10-14(18)4-6-19-7-5-14)13-8-12(15)3-2-11(13)9-17/h2-3,8,17-18H,4-7,9-10H2,1H3. The third kappa shape index (κ3) is 3.69. The Morgan fingerprint density at radius 1 is 1.37 bits per heavy atom. The Morgan fingerprint density at radius 3 is 2.68 bits per heavy atom. The van der Waals surface area contributed by atoms with E-state index in [4.69, 9.17) is 4.74 Å². The third-order valence-electron chi connectivity index (χ3n) is 3.58. The van der Waals surface area contributed by atoms with E-state index in [-0.39, 0.29) is 6.61 Å². The molecule has 1 saturated heterocycles. The highest BCUT2D eigenvalue weighted by molar-refractivity contribution is 9.10. The summed E-state index contributed by atoms with van der Waals surface area (Å²) in [7, 11) is 1.94. The van der Waals surface area contributed by atoms with Crippen molar-refractivity contribution in [2.45, 2.75) is 25.0 Å². The quantitative estimate of drug-likeness (QED) is 0.886. The van der Waals surface area contributed by atoms with Gasteiger partial charge in [0.05, 0.1) is 12.2 Å². The molecule has 0 aromatic heterocycles. The third-order valence-corrected chi connectivity index (χ3v) is 4.08. The summed E-state index contributed by atoms with van der Waals surface area (Å²) in [5, 5.41) is 19.9. The fourth-order valence-corrected chi connectivity index (χ4v) is 2.81. The van der Waals surface area contributed by atoms with Crippen molar-refractivity contribution >= 4 is 21.6 Å². The molecule has 1 aromatic rings. The molecule has 1 aliphatic rings. The van der Waals surface area contributed by atoms with E-state index in [1.54, 1.807) is 0 Å². The number of halogens is 1. The number of hydrogen-bond acceptors (Lipinski definition) is 4. The molecular formula is C14H20BrNO3. The Kier molecular flexibility index (Phi) is 4.84. The molecule has 4 nitrogen and oxygen atoms in total. The van der Waals surface area contributed by atoms with Gasteiger partial charge in [0, 0.05) is 55.4 Å². The molecular weight excluding hydrogens is 310 g/mol. The van der Waals surface area contributed by atoms with Crippen LogP contribution >= 0.6 is 15.9 Å². The molecule has 0 aliphatic carbocycles. The molecule has 5 heteroatoms. The van der Waals surface area contributed by atoms with Crippen molar-refractivity contribution in [3.63, 3.8) is 0 Å². The average Bonchev–Trinajstić information content (AvgIpc) is 2.39. The molecule has 1 heterocycles. The maximum absolute atomic E-state index is 10.5. The van der Waals surface area contributed by atoms with Crippen molar-refractivity contribution in [2.75, 3.05) is 31.7 Å². The topological polar surface area (TPSA) is 52.9 Å². The van der Waals surface area contributed by atoms with Gasteiger partial charge in [-0.1, -0.05) is 22.0 Å². The monoisotopic (exact) mass is 329 g/mol. The molecule has 0 unspecified atom stereocenters. The molecule has 19 heavy (non-hydrogen) atoms. The predicted molar refractivity (Wildman–Crippen MR) is 78.3 cm³/mol. The minimum atomic E-state index is -0.706. The van der Waals surface area contributed by atoms with E-state index >= 15 is 0 Å². The number of aliphatic hydroxyl groups excluding tert-OH is 1. The lowest BCUT2D eigenvalue weighted by Crippen LogP contribution is -2.46. The van der Waals surface area contributed by atoms with Gasteiger partial charge in [-0.25, -0.2) is 0 Å². The van der Waals surface area contributed by atoms with E-state index in [9.17, 15) is 10.2 Å². The van der Waals surface area contributed by atoms with Gasteiger partial charge in [-0.3, -0.25) is 0 Å². The van der Waals surface area contributed by atoms with Crippen LogP contribution in [0.25, 0.3) is 0 Å². The minimum Gasteiger partial charge on any atom is -0.392 e. The zero-order chi connectivity index (χ0) is 13.9. The summed E-state index contributed by atoms with van der Waals surface area (Å²) in [4.78, 5) is 2.00. The Hall–Kier alpha value is -0.620. The summed E-state index contributed by atoms with van der Waals surface area (Å²) in [6, 6.07) is 5.77. The Morgan fingerprint density at radius 2 is 2.05 bits per heavy atom. The van der Waals surface area contributed by atoms with Crippen LogP contribution in [-0.2, 0) is 11.3 Å². The molecule has 0 bridgehead atoms. The van der Waals surface area contributed by atoms with Gasteiger partial charge in [-0.15, -0.1) is 0 Å². The molecule has 0 saturated carbocycles. The molecule has 106 valence electrons. The number of ether oxygens (including phenoxy) is 1. The van der Waals surface area contributed by atoms with E-state index in [0.29, 0.717) is 32.6 Å². The van der Waals surface area contributed by atoms with Crippen molar-refractivity contribution in [2.24, 2.45) is 0 Å². The van der Waals surface area contributed by atoms with Crippen LogP contribution in [-0.4, -0.2) is 42.6 Å². The maximum Gasteiger partial charge on any atom is 0.0865 e. The average molecular weight is 330 g/mol. The zero-order valence-corrected chi connectivity index (χ0v) is 12.7. The van der Waals surface area contributed by atoms with Crippen molar-refractivity contribution in [3.8, 4) is 0 Å². The first-order valence-electron chi connectivity index (χ1n) is 6.45. The lowest BCUT2D eigenvalue weighted by Gasteiger charge is -2.36. The summed E-state index contributed by atoms with van der Waals surface area (Å²) < 4.78 is 6.25. The minimum absolute atomic E-state index is 0.00546. The Balaban J connectivity index is 2.14. The number of benzene rings is 1. The second kappa shape index (κ2) is 6.22. The fraction of sp³-hybridized carbons (Fsp3) is 0.571. The van der Waals surface area contributed by atoms with Gasteiger partial charge >= 0.3 is 0 Å². The first kappa shape index (κ1) is 14.8. The van der Waals surface area contributed by atoms with Gasteiger partial charge in [0.15, 0.2) is 0 Å². The van der Waals surface area contributed by atoms with Crippen LogP contribution in [0.4, 0.5) is 5.69 Å². The number of rotatable bonds is 4. The van der Waals surface area contributed by atoms with Gasteiger partial charge in [0.2, 0.25) is 0 Å². The van der Waals surface area contributed by atoms with Crippen LogP contribution in [0.5, 0.6) is 0 Å². The summed E-state index contributed by atoms with van der Waals surface area (Å²) in [6.45, 7) is 1.75. The van der Waals surface area contributed by atoms with Crippen LogP contribution in [0, 0.1) is 0 Å². The second-order valence-corrected chi connectivity index (χ2v) is 6.04. The van der Waals surface area contributed by atoms with Gasteiger partial charge in [0.25, 0.3) is 0 Å². The van der Waals surface area contributed by atoms with Crippen LogP contribution < -0.4 is 4.90 Å². The second-order valence-electron chi connectivity index (χ2n) is 5.12. The maximum atomic E-state index is 10.5. The normalized spacial score (nSPS) is 18.3. The van der Waals surface area contributed by atoms with Crippen molar-refractivity contribution in [1.29, 1.82) is 0 Å². The van der Waals surface area contributed by atoms with E-state index < -0.39 is 5.60 Å². The fourth-order valence-electron chi connectivity index (χ4n) is 2.46. The molecule has 0 radical (unpaired) electrons. The highest BCUT2D eigenvalue weighted by atomic mass is 79.9. The van der Waals surface area contributed by atoms with Crippen molar-refractivity contribution < 1.29 is 14.9 Å². The van der Waals surface area contributed by atoms with Crippen LogP contribution in [0.2, 0.25) is 0 Å². The van der Waals surface area contributed by atoms with E-state index in [1.165, 1.54) is 0 Å². The molecule has 1 aromatic carbocycles. The first-order valence-corrected chi connectivity index (χ1v) is 7.24. The van der Waals surface area contributed by atoms with Crippen LogP contribution in [0.1, 0.15) is 18.4 Å². The largest absolute Gasteiger partial charge is 0.392 e. The summed E-state index contributed by atoms with van der Waals surface area (Å²) in [5.74, 6) is 0. The SMILES string of the molecule is CN(CC1(O)CCOCC1)c1cc(Br)ccc1CO. The number of anilines is 1. The van der Waals surface area contributed by atoms with E-state index in [1.807, 2.05) is 30.1 Å². The van der Waals surface area contributed by atoms with Crippen molar-refractivity contribution in [3.05, 3.63) is 28.2 Å². The van der Waals surface area contributed by atoms with Gasteiger partial charge in [-0.05, 0) is 12.1 Å². The van der Waals surface area contributed by atoms with Gasteiger partial charge in [-0.2, -0.15) is 0 Å². The molecule has 2 N–H and O–H groups in total. The number of likely N-dealkylation sites (N-methyl/N-ethyl adjacent to an activating group) is 1. The molecule has 0 spiro atoms. The summed E-state index contributed by atoms with van der Waals surface area (Å²) in [5.41, 5.74) is 1.10. The Bertz CT molecular complexity index is 433. The number of nitrogens with zero attached hydrogens (tertiary/aromatic N) is 1. The lowest BCUT2D eigenvalue weighted by atomic mass is 9.93. The summed E-state index contributed by atoms with van der Waals surface area (Å²) in [6.07, 6.45) is 1.31. The van der Waals surface area contributed by atoms with E-state index in [0.717, 1.165) is 15.7 Å². The van der Waals surface area contributed by atoms with Gasteiger partial charge < -0.3 is 19.8 Å². The number of hydrogen-bond donors (Lipinski definition) is 2. The first-order chi connectivity index (χ1) is 9.04. The predicted octanol–water partition coefficient (Wildman–Crippen LogP) is 1.92. The van der Waals surface area contributed by atoms with E-state index in [2.05, 4.69) is 15.9 Å². The zero-order valence-electron chi connectivity index (χ0n) is 11.1. The van der Waals surface area contributed by atoms with Crippen LogP contribution in [0.3, 0.4) is 0 Å². The highest BCUT2D eigenvalue weighted by Crippen LogP contribution is 2.28. The number of aliphatic hydroxyl groups is 2. The molecule has 1 fully saturated rings. The summed E-state index contributed by atoms with van der Waals surface area (Å²) >= 11 is 3.44. The molecule has 1 aliphatic heterocycles.